The Bertz CT molecular complexity index is 1340. The average molecular weight is 653 g/mol. The van der Waals surface area contributed by atoms with Crippen molar-refractivity contribution in [1.29, 1.82) is 0 Å². The molecule has 36 heavy (non-hydrogen) atoms. The summed E-state index contributed by atoms with van der Waals surface area (Å²) in [6, 6.07) is 28.7. The molecule has 0 unspecified atom stereocenters. The Morgan fingerprint density at radius 2 is 1.36 bits per heavy atom. The van der Waals surface area contributed by atoms with E-state index in [0.717, 1.165) is 23.3 Å². The van der Waals surface area contributed by atoms with E-state index in [9.17, 15) is 0 Å². The molecule has 186 valence electrons. The molecule has 4 heteroatoms. The first-order chi connectivity index (χ1) is 16.9. The number of anilines is 1. The molecule has 0 aliphatic carbocycles. The summed E-state index contributed by atoms with van der Waals surface area (Å²) >= 11 is 3.57. The Kier molecular flexibility index (Phi) is 9.92. The van der Waals surface area contributed by atoms with Crippen LogP contribution in [0.2, 0.25) is 0 Å². The zero-order valence-electron chi connectivity index (χ0n) is 21.7. The Hall–Kier alpha value is -2.44. The Balaban J connectivity index is 0.00000361. The highest BCUT2D eigenvalue weighted by molar-refractivity contribution is 9.10. The minimum atomic E-state index is 0. The van der Waals surface area contributed by atoms with Gasteiger partial charge in [-0.3, -0.25) is 0 Å². The highest BCUT2D eigenvalue weighted by Gasteiger charge is 2.17. The van der Waals surface area contributed by atoms with Gasteiger partial charge in [0.05, 0.1) is 0 Å². The lowest BCUT2D eigenvalue weighted by molar-refractivity contribution is -0.662. The lowest BCUT2D eigenvalue weighted by atomic mass is 9.99. The van der Waals surface area contributed by atoms with Gasteiger partial charge in [0.25, 0.3) is 0 Å². The molecule has 4 rings (SSSR count). The third-order valence-electron chi connectivity index (χ3n) is 6.79. The van der Waals surface area contributed by atoms with E-state index in [1.807, 2.05) is 0 Å². The van der Waals surface area contributed by atoms with Crippen LogP contribution >= 0.6 is 15.9 Å². The SMILES string of the molecule is CCN(CC)c1ccc(C=Cc2cc(-c3ccc(Br)cc3)cc(-c3ccc(C)c(C)c3)[n+]2C)cc1.[I-]. The van der Waals surface area contributed by atoms with E-state index in [1.165, 1.54) is 44.8 Å². The van der Waals surface area contributed by atoms with Gasteiger partial charge in [-0.25, -0.2) is 0 Å². The average Bonchev–Trinajstić information content (AvgIpc) is 2.87. The van der Waals surface area contributed by atoms with Crippen LogP contribution < -0.4 is 33.4 Å². The number of nitrogens with zero attached hydrogens (tertiary/aromatic N) is 2. The summed E-state index contributed by atoms with van der Waals surface area (Å²) in [5.74, 6) is 0. The zero-order valence-corrected chi connectivity index (χ0v) is 25.5. The summed E-state index contributed by atoms with van der Waals surface area (Å²) in [6.45, 7) is 10.8. The van der Waals surface area contributed by atoms with E-state index >= 15 is 0 Å². The Labute approximate surface area is 241 Å². The first kappa shape index (κ1) is 28.1. The largest absolute Gasteiger partial charge is 1.00 e. The lowest BCUT2D eigenvalue weighted by Gasteiger charge is -2.20. The molecule has 0 amide bonds. The minimum Gasteiger partial charge on any atom is -1.00 e. The number of aromatic nitrogens is 1. The summed E-state index contributed by atoms with van der Waals surface area (Å²) in [6.07, 6.45) is 4.43. The highest BCUT2D eigenvalue weighted by atomic mass is 127. The number of halogens is 2. The minimum absolute atomic E-state index is 0. The van der Waals surface area contributed by atoms with Gasteiger partial charge in [-0.05, 0) is 98.0 Å². The molecule has 1 aromatic heterocycles. The van der Waals surface area contributed by atoms with Crippen molar-refractivity contribution in [2.75, 3.05) is 18.0 Å². The van der Waals surface area contributed by atoms with Gasteiger partial charge in [0.1, 0.15) is 7.05 Å². The van der Waals surface area contributed by atoms with Crippen LogP contribution in [0, 0.1) is 13.8 Å². The standard InChI is InChI=1S/C32H34BrN2.HI/c1-6-35(7-2)30-17-9-25(10-18-30)11-19-31-21-28(26-13-15-29(33)16-14-26)22-32(34(31)5)27-12-8-23(3)24(4)20-27;/h8-22H,6-7H2,1-5H3;1H/q+1;/p-1. The Morgan fingerprint density at radius 1 is 0.722 bits per heavy atom. The second-order valence-electron chi connectivity index (χ2n) is 9.02. The van der Waals surface area contributed by atoms with E-state index in [1.54, 1.807) is 0 Å². The Morgan fingerprint density at radius 3 is 1.97 bits per heavy atom. The third-order valence-corrected chi connectivity index (χ3v) is 7.32. The van der Waals surface area contributed by atoms with Gasteiger partial charge in [0, 0.05) is 47.0 Å². The van der Waals surface area contributed by atoms with E-state index in [0.29, 0.717) is 0 Å². The van der Waals surface area contributed by atoms with Gasteiger partial charge in [0.15, 0.2) is 0 Å². The van der Waals surface area contributed by atoms with Gasteiger partial charge in [0.2, 0.25) is 11.4 Å². The second kappa shape index (κ2) is 12.7. The third kappa shape index (κ3) is 6.46. The van der Waals surface area contributed by atoms with Crippen molar-refractivity contribution in [2.45, 2.75) is 27.7 Å². The van der Waals surface area contributed by atoms with Crippen LogP contribution in [-0.4, -0.2) is 13.1 Å². The molecule has 0 saturated carbocycles. The van der Waals surface area contributed by atoms with E-state index in [4.69, 9.17) is 0 Å². The van der Waals surface area contributed by atoms with Gasteiger partial charge in [-0.15, -0.1) is 0 Å². The van der Waals surface area contributed by atoms with Crippen molar-refractivity contribution >= 4 is 33.8 Å². The maximum Gasteiger partial charge on any atom is 0.213 e. The van der Waals surface area contributed by atoms with Crippen molar-refractivity contribution in [2.24, 2.45) is 7.05 Å². The zero-order chi connectivity index (χ0) is 24.9. The molecule has 0 saturated heterocycles. The summed E-state index contributed by atoms with van der Waals surface area (Å²) in [5.41, 5.74) is 11.1. The summed E-state index contributed by atoms with van der Waals surface area (Å²) in [7, 11) is 2.15. The molecule has 3 aromatic carbocycles. The molecule has 0 atom stereocenters. The van der Waals surface area contributed by atoms with Crippen LogP contribution in [0.15, 0.2) is 83.3 Å². The number of pyridine rings is 1. The molecular weight excluding hydrogens is 619 g/mol. The van der Waals surface area contributed by atoms with Crippen LogP contribution in [0.4, 0.5) is 5.69 Å². The monoisotopic (exact) mass is 652 g/mol. The lowest BCUT2D eigenvalue weighted by Crippen LogP contribution is -3.00. The number of rotatable bonds is 7. The second-order valence-corrected chi connectivity index (χ2v) is 9.93. The van der Waals surface area contributed by atoms with Crippen molar-refractivity contribution in [3.63, 3.8) is 0 Å². The van der Waals surface area contributed by atoms with Gasteiger partial charge < -0.3 is 28.9 Å². The molecule has 1 heterocycles. The predicted octanol–water partition coefficient (Wildman–Crippen LogP) is 5.25. The van der Waals surface area contributed by atoms with Crippen molar-refractivity contribution in [1.82, 2.24) is 0 Å². The molecule has 0 N–H and O–H groups in total. The van der Waals surface area contributed by atoms with E-state index in [-0.39, 0.29) is 24.0 Å². The topological polar surface area (TPSA) is 7.12 Å². The molecule has 0 spiro atoms. The maximum absolute atomic E-state index is 3.57. The van der Waals surface area contributed by atoms with Gasteiger partial charge in [-0.1, -0.05) is 46.3 Å². The van der Waals surface area contributed by atoms with Crippen LogP contribution in [0.5, 0.6) is 0 Å². The molecule has 0 aliphatic rings. The van der Waals surface area contributed by atoms with E-state index < -0.39 is 0 Å². The number of hydrogen-bond acceptors (Lipinski definition) is 1. The van der Waals surface area contributed by atoms with Gasteiger partial charge >= 0.3 is 0 Å². The van der Waals surface area contributed by atoms with Crippen molar-refractivity contribution in [3.05, 3.63) is 106 Å². The quantitative estimate of drug-likeness (QED) is 0.196. The smallest absolute Gasteiger partial charge is 0.213 e. The first-order valence-corrected chi connectivity index (χ1v) is 13.1. The molecule has 0 bridgehead atoms. The van der Waals surface area contributed by atoms with E-state index in [2.05, 4.69) is 151 Å². The number of hydrogen-bond donors (Lipinski definition) is 0. The van der Waals surface area contributed by atoms with Crippen LogP contribution in [0.3, 0.4) is 0 Å². The predicted molar refractivity (Wildman–Crippen MR) is 155 cm³/mol. The molecule has 0 aliphatic heterocycles. The fourth-order valence-electron chi connectivity index (χ4n) is 4.39. The molecule has 2 nitrogen and oxygen atoms in total. The number of benzene rings is 3. The summed E-state index contributed by atoms with van der Waals surface area (Å²) < 4.78 is 3.37. The maximum atomic E-state index is 3.57. The van der Waals surface area contributed by atoms with Crippen molar-refractivity contribution < 1.29 is 28.5 Å². The fraction of sp³-hybridized carbons (Fsp3) is 0.219. The first-order valence-electron chi connectivity index (χ1n) is 12.3. The van der Waals surface area contributed by atoms with Crippen LogP contribution in [0.25, 0.3) is 34.5 Å². The molecule has 4 aromatic rings. The summed E-state index contributed by atoms with van der Waals surface area (Å²) in [5, 5.41) is 0. The fourth-order valence-corrected chi connectivity index (χ4v) is 4.66. The molecule has 0 fully saturated rings. The highest BCUT2D eigenvalue weighted by Crippen LogP contribution is 2.28. The molecular formula is C32H34BrIN2. The summed E-state index contributed by atoms with van der Waals surface area (Å²) in [4.78, 5) is 2.37. The number of aryl methyl sites for hydroxylation is 2. The van der Waals surface area contributed by atoms with Crippen molar-refractivity contribution in [3.8, 4) is 22.4 Å². The molecule has 0 radical (unpaired) electrons. The normalized spacial score (nSPS) is 10.9. The van der Waals surface area contributed by atoms with Crippen LogP contribution in [-0.2, 0) is 7.05 Å². The van der Waals surface area contributed by atoms with Gasteiger partial charge in [-0.2, -0.15) is 4.57 Å². The van der Waals surface area contributed by atoms with Crippen LogP contribution in [0.1, 0.15) is 36.2 Å².